The van der Waals surface area contributed by atoms with Gasteiger partial charge in [-0.25, -0.2) is 0 Å². The zero-order valence-corrected chi connectivity index (χ0v) is 12.0. The number of hydrogen-bond acceptors (Lipinski definition) is 4. The quantitative estimate of drug-likeness (QED) is 0.584. The van der Waals surface area contributed by atoms with Gasteiger partial charge in [-0.05, 0) is 44.2 Å². The minimum Gasteiger partial charge on any atom is -0.492 e. The Bertz CT molecular complexity index is 427. The number of hydrogen-bond donors (Lipinski definition) is 2. The Kier molecular flexibility index (Phi) is 5.38. The van der Waals surface area contributed by atoms with Crippen molar-refractivity contribution in [3.63, 3.8) is 0 Å². The molecule has 0 radical (unpaired) electrons. The van der Waals surface area contributed by atoms with Crippen LogP contribution >= 0.6 is 0 Å². The molecule has 1 atom stereocenters. The lowest BCUT2D eigenvalue weighted by Gasteiger charge is -2.20. The molecule has 5 nitrogen and oxygen atoms in total. The summed E-state index contributed by atoms with van der Waals surface area (Å²) in [6, 6.07) is 7.29. The first-order valence-corrected chi connectivity index (χ1v) is 7.02. The van der Waals surface area contributed by atoms with Crippen LogP contribution in [0.25, 0.3) is 0 Å². The summed E-state index contributed by atoms with van der Waals surface area (Å²) in [5.74, 6) is 0.883. The largest absolute Gasteiger partial charge is 0.492 e. The van der Waals surface area contributed by atoms with Gasteiger partial charge in [0.2, 0.25) is 0 Å². The first-order valence-electron chi connectivity index (χ1n) is 7.02. The number of nitrogens with zero attached hydrogens (tertiary/aromatic N) is 1. The first kappa shape index (κ1) is 14.8. The zero-order valence-electron chi connectivity index (χ0n) is 12.0. The summed E-state index contributed by atoms with van der Waals surface area (Å²) in [4.78, 5) is 2.24. The number of benzene rings is 1. The Morgan fingerprint density at radius 2 is 2.20 bits per heavy atom. The highest BCUT2D eigenvalue weighted by Gasteiger charge is 2.16. The molecule has 1 aromatic rings. The molecule has 1 unspecified atom stereocenters. The van der Waals surface area contributed by atoms with Gasteiger partial charge in [-0.2, -0.15) is 0 Å². The topological polar surface area (TPSA) is 71.6 Å². The van der Waals surface area contributed by atoms with E-state index in [1.54, 1.807) is 12.1 Å². The van der Waals surface area contributed by atoms with E-state index in [2.05, 4.69) is 11.9 Å². The van der Waals surface area contributed by atoms with Crippen LogP contribution in [0.1, 0.15) is 18.4 Å². The molecule has 1 heterocycles. The van der Waals surface area contributed by atoms with Gasteiger partial charge in [0.1, 0.15) is 18.2 Å². The summed E-state index contributed by atoms with van der Waals surface area (Å²) in [7, 11) is 2.09. The van der Waals surface area contributed by atoms with Gasteiger partial charge in [0, 0.05) is 25.3 Å². The van der Waals surface area contributed by atoms with Gasteiger partial charge in [0.25, 0.3) is 0 Å². The molecule has 3 N–H and O–H groups in total. The highest BCUT2D eigenvalue weighted by molar-refractivity contribution is 5.94. The summed E-state index contributed by atoms with van der Waals surface area (Å²) < 4.78 is 11.3. The lowest BCUT2D eigenvalue weighted by atomic mass is 10.2. The van der Waals surface area contributed by atoms with Crippen LogP contribution in [-0.4, -0.2) is 50.2 Å². The average Bonchev–Trinajstić information content (AvgIpc) is 2.92. The van der Waals surface area contributed by atoms with Crippen LogP contribution < -0.4 is 10.5 Å². The molecule has 1 aliphatic heterocycles. The Morgan fingerprint density at radius 3 is 2.80 bits per heavy atom. The van der Waals surface area contributed by atoms with Crippen LogP contribution in [0.3, 0.4) is 0 Å². The van der Waals surface area contributed by atoms with Crippen molar-refractivity contribution in [1.29, 1.82) is 5.41 Å². The number of rotatable bonds is 7. The van der Waals surface area contributed by atoms with E-state index in [0.29, 0.717) is 18.3 Å². The fourth-order valence-corrected chi connectivity index (χ4v) is 2.28. The van der Waals surface area contributed by atoms with Crippen molar-refractivity contribution in [1.82, 2.24) is 4.90 Å². The maximum atomic E-state index is 7.33. The molecular weight excluding hydrogens is 254 g/mol. The van der Waals surface area contributed by atoms with Gasteiger partial charge in [-0.15, -0.1) is 0 Å². The Morgan fingerprint density at radius 1 is 1.45 bits per heavy atom. The number of nitrogens with two attached hydrogens (primary N) is 1. The third kappa shape index (κ3) is 4.51. The molecule has 5 heteroatoms. The number of nitrogens with one attached hydrogen (secondary N) is 1. The fraction of sp³-hybridized carbons (Fsp3) is 0.533. The third-order valence-electron chi connectivity index (χ3n) is 3.45. The van der Waals surface area contributed by atoms with Gasteiger partial charge in [0.05, 0.1) is 6.10 Å². The van der Waals surface area contributed by atoms with Crippen molar-refractivity contribution in [3.8, 4) is 5.75 Å². The minimum atomic E-state index is 0.0767. The van der Waals surface area contributed by atoms with Crippen LogP contribution in [-0.2, 0) is 4.74 Å². The molecule has 1 aliphatic rings. The van der Waals surface area contributed by atoms with Gasteiger partial charge in [-0.1, -0.05) is 0 Å². The molecule has 1 fully saturated rings. The van der Waals surface area contributed by atoms with E-state index in [-0.39, 0.29) is 5.84 Å². The lowest BCUT2D eigenvalue weighted by molar-refractivity contribution is 0.0771. The maximum Gasteiger partial charge on any atom is 0.122 e. The second kappa shape index (κ2) is 7.26. The summed E-state index contributed by atoms with van der Waals surface area (Å²) in [6.07, 6.45) is 2.73. The normalized spacial score (nSPS) is 18.4. The fourth-order valence-electron chi connectivity index (χ4n) is 2.28. The minimum absolute atomic E-state index is 0.0767. The van der Waals surface area contributed by atoms with E-state index in [1.807, 2.05) is 12.1 Å². The number of nitrogen functional groups attached to an aromatic ring is 1. The van der Waals surface area contributed by atoms with Crippen molar-refractivity contribution in [2.75, 3.05) is 33.4 Å². The molecule has 1 aromatic carbocycles. The molecule has 0 aliphatic carbocycles. The van der Waals surface area contributed by atoms with Crippen molar-refractivity contribution >= 4 is 5.84 Å². The van der Waals surface area contributed by atoms with E-state index < -0.39 is 0 Å². The monoisotopic (exact) mass is 277 g/mol. The zero-order chi connectivity index (χ0) is 14.4. The van der Waals surface area contributed by atoms with Crippen LogP contribution in [0, 0.1) is 5.41 Å². The number of likely N-dealkylation sites (N-methyl/N-ethyl adjacent to an activating group) is 1. The van der Waals surface area contributed by atoms with Gasteiger partial charge < -0.3 is 20.1 Å². The highest BCUT2D eigenvalue weighted by atomic mass is 16.5. The third-order valence-corrected chi connectivity index (χ3v) is 3.45. The molecular formula is C15H23N3O2. The second-order valence-corrected chi connectivity index (χ2v) is 5.18. The van der Waals surface area contributed by atoms with Gasteiger partial charge >= 0.3 is 0 Å². The van der Waals surface area contributed by atoms with Crippen molar-refractivity contribution in [2.45, 2.75) is 18.9 Å². The summed E-state index contributed by atoms with van der Waals surface area (Å²) in [5, 5.41) is 7.33. The summed E-state index contributed by atoms with van der Waals surface area (Å²) in [5.41, 5.74) is 6.12. The Balaban J connectivity index is 1.68. The summed E-state index contributed by atoms with van der Waals surface area (Å²) >= 11 is 0. The van der Waals surface area contributed by atoms with Crippen LogP contribution in [0.2, 0.25) is 0 Å². The molecule has 20 heavy (non-hydrogen) atoms. The van der Waals surface area contributed by atoms with E-state index in [0.717, 1.165) is 31.9 Å². The van der Waals surface area contributed by atoms with Crippen LogP contribution in [0.15, 0.2) is 24.3 Å². The van der Waals surface area contributed by atoms with Crippen molar-refractivity contribution in [2.24, 2.45) is 5.73 Å². The van der Waals surface area contributed by atoms with E-state index in [9.17, 15) is 0 Å². The average molecular weight is 277 g/mol. The smallest absolute Gasteiger partial charge is 0.122 e. The van der Waals surface area contributed by atoms with Gasteiger partial charge in [0.15, 0.2) is 0 Å². The van der Waals surface area contributed by atoms with Gasteiger partial charge in [-0.3, -0.25) is 5.41 Å². The predicted molar refractivity (Wildman–Crippen MR) is 79.4 cm³/mol. The molecule has 0 amide bonds. The number of ether oxygens (including phenoxy) is 2. The molecule has 0 aromatic heterocycles. The second-order valence-electron chi connectivity index (χ2n) is 5.18. The lowest BCUT2D eigenvalue weighted by Crippen LogP contribution is -2.32. The molecule has 110 valence electrons. The first-order chi connectivity index (χ1) is 9.65. The molecule has 0 bridgehead atoms. The van der Waals surface area contributed by atoms with E-state index in [4.69, 9.17) is 20.6 Å². The molecule has 1 saturated heterocycles. The Labute approximate surface area is 120 Å². The SMILES string of the molecule is CN(CCOc1ccc(C(=N)N)cc1)CC1CCCO1. The molecule has 0 saturated carbocycles. The van der Waals surface area contributed by atoms with E-state index in [1.165, 1.54) is 6.42 Å². The van der Waals surface area contributed by atoms with Crippen LogP contribution in [0.4, 0.5) is 0 Å². The molecule has 0 spiro atoms. The Hall–Kier alpha value is -1.59. The van der Waals surface area contributed by atoms with Crippen molar-refractivity contribution < 1.29 is 9.47 Å². The highest BCUT2D eigenvalue weighted by Crippen LogP contribution is 2.13. The molecule has 2 rings (SSSR count). The van der Waals surface area contributed by atoms with Crippen molar-refractivity contribution in [3.05, 3.63) is 29.8 Å². The summed E-state index contributed by atoms with van der Waals surface area (Å²) in [6.45, 7) is 3.38. The number of amidine groups is 1. The predicted octanol–water partition coefficient (Wildman–Crippen LogP) is 1.46. The maximum absolute atomic E-state index is 7.33. The van der Waals surface area contributed by atoms with Crippen LogP contribution in [0.5, 0.6) is 5.75 Å². The standard InChI is InChI=1S/C15H23N3O2/c1-18(11-14-3-2-9-19-14)8-10-20-13-6-4-12(5-7-13)15(16)17/h4-7,14H,2-3,8-11H2,1H3,(H3,16,17). The van der Waals surface area contributed by atoms with E-state index >= 15 is 0 Å².